The first-order chi connectivity index (χ1) is 26.1. The number of piperazine rings is 1. The number of alkyl halides is 3. The minimum absolute atomic E-state index is 0.0228. The third kappa shape index (κ3) is 5.54. The molecule has 2 bridgehead atoms. The summed E-state index contributed by atoms with van der Waals surface area (Å²) in [6.07, 6.45) is 7.39. The van der Waals surface area contributed by atoms with E-state index in [2.05, 4.69) is 21.0 Å². The van der Waals surface area contributed by atoms with Gasteiger partial charge in [-0.3, -0.25) is 4.90 Å². The molecule has 2 aromatic heterocycles. The van der Waals surface area contributed by atoms with Crippen LogP contribution < -0.4 is 15.0 Å². The minimum Gasteiger partial charge on any atom is -0.461 e. The van der Waals surface area contributed by atoms with Crippen LogP contribution in [0.3, 0.4) is 0 Å². The lowest BCUT2D eigenvalue weighted by Gasteiger charge is -2.41. The Morgan fingerprint density at radius 3 is 2.69 bits per heavy atom. The number of pyridine rings is 1. The summed E-state index contributed by atoms with van der Waals surface area (Å²) in [5, 5.41) is 5.40. The molecular formula is C41H41F5N6O2. The number of hydrogen-bond donors (Lipinski definition) is 1. The summed E-state index contributed by atoms with van der Waals surface area (Å²) in [7, 11) is 0. The quantitative estimate of drug-likeness (QED) is 0.152. The summed E-state index contributed by atoms with van der Waals surface area (Å²) in [4.78, 5) is 19.3. The molecule has 0 radical (unpaired) electrons. The fourth-order valence-electron chi connectivity index (χ4n) is 10.4. The maximum atomic E-state index is 17.3. The van der Waals surface area contributed by atoms with Gasteiger partial charge >= 0.3 is 12.2 Å². The first kappa shape index (κ1) is 34.4. The molecule has 282 valence electrons. The standard InChI is InChI=1S/C41H41F5N6O2/c1-2-26-28(42)11-9-22-5-3-6-27(32(22)26)35-34(43)36-33-30(48-35)13-14-31-29-12-10-24(47-29)19-51(31)38(33)50-39(49-36)54-21-40-16-4-18-52(40)25(15-17-40)20-53-37(23-7-8-23)41(44,45)46/h1,3,5-6,9,11,23-25,29,31,37,47H,4,7-8,10,12-21H2/t24-,25+,29+,31-,37?,40+/m1/s1. The van der Waals surface area contributed by atoms with Crippen molar-refractivity contribution in [2.24, 2.45) is 5.92 Å². The maximum Gasteiger partial charge on any atom is 0.414 e. The van der Waals surface area contributed by atoms with Crippen LogP contribution in [0, 0.1) is 29.9 Å². The number of benzene rings is 2. The van der Waals surface area contributed by atoms with E-state index in [-0.39, 0.29) is 60.2 Å². The van der Waals surface area contributed by atoms with E-state index >= 15 is 8.78 Å². The fourth-order valence-corrected chi connectivity index (χ4v) is 10.4. The molecule has 8 nitrogen and oxygen atoms in total. The Hall–Kier alpha value is -4.12. The largest absolute Gasteiger partial charge is 0.461 e. The zero-order valence-corrected chi connectivity index (χ0v) is 29.8. The van der Waals surface area contributed by atoms with E-state index in [1.807, 2.05) is 6.07 Å². The Bertz CT molecular complexity index is 2210. The lowest BCUT2D eigenvalue weighted by Crippen LogP contribution is -2.58. The summed E-state index contributed by atoms with van der Waals surface area (Å²) < 4.78 is 85.7. The highest BCUT2D eigenvalue weighted by Gasteiger charge is 2.53. The van der Waals surface area contributed by atoms with Gasteiger partial charge in [-0.1, -0.05) is 30.2 Å². The van der Waals surface area contributed by atoms with E-state index in [4.69, 9.17) is 30.8 Å². The van der Waals surface area contributed by atoms with E-state index in [0.717, 1.165) is 45.1 Å². The fraction of sp³-hybridized carbons (Fsp3) is 0.537. The van der Waals surface area contributed by atoms with Gasteiger partial charge in [0.15, 0.2) is 11.9 Å². The van der Waals surface area contributed by atoms with Crippen LogP contribution in [-0.2, 0) is 11.2 Å². The average molecular weight is 745 g/mol. The van der Waals surface area contributed by atoms with Crippen LogP contribution in [0.25, 0.3) is 32.9 Å². The normalized spacial score (nSPS) is 28.3. The molecule has 54 heavy (non-hydrogen) atoms. The number of terminal acetylenes is 1. The average Bonchev–Trinajstić information content (AvgIpc) is 3.69. The Balaban J connectivity index is 1.03. The number of fused-ring (bicyclic) bond motifs is 7. The molecule has 4 aromatic rings. The minimum atomic E-state index is -4.38. The number of nitrogens with one attached hydrogen (secondary N) is 1. The Labute approximate surface area is 309 Å². The van der Waals surface area contributed by atoms with Crippen LogP contribution in [0.15, 0.2) is 30.3 Å². The van der Waals surface area contributed by atoms with Gasteiger partial charge in [0.2, 0.25) is 0 Å². The van der Waals surface area contributed by atoms with Gasteiger partial charge < -0.3 is 19.7 Å². The van der Waals surface area contributed by atoms with Crippen molar-refractivity contribution >= 4 is 27.5 Å². The molecule has 4 saturated heterocycles. The van der Waals surface area contributed by atoms with Crippen LogP contribution in [0.4, 0.5) is 27.8 Å². The molecule has 10 rings (SSSR count). The number of ether oxygens (including phenoxy) is 2. The lowest BCUT2D eigenvalue weighted by molar-refractivity contribution is -0.230. The molecule has 1 aliphatic carbocycles. The first-order valence-corrected chi connectivity index (χ1v) is 19.3. The van der Waals surface area contributed by atoms with Crippen LogP contribution in [-0.4, -0.2) is 88.1 Å². The number of anilines is 1. The molecule has 1 N–H and O–H groups in total. The van der Waals surface area contributed by atoms with Gasteiger partial charge in [-0.25, -0.2) is 13.8 Å². The summed E-state index contributed by atoms with van der Waals surface area (Å²) in [5.41, 5.74) is 0.832. The van der Waals surface area contributed by atoms with Crippen molar-refractivity contribution in [3.63, 3.8) is 0 Å². The number of halogens is 5. The molecule has 7 heterocycles. The van der Waals surface area contributed by atoms with Crippen molar-refractivity contribution in [3.05, 3.63) is 53.2 Å². The number of aryl methyl sites for hydroxylation is 1. The highest BCUT2D eigenvalue weighted by atomic mass is 19.4. The van der Waals surface area contributed by atoms with Gasteiger partial charge in [0, 0.05) is 41.7 Å². The second-order valence-electron chi connectivity index (χ2n) is 16.2. The molecule has 6 aliphatic rings. The van der Waals surface area contributed by atoms with Crippen molar-refractivity contribution in [2.75, 3.05) is 31.2 Å². The number of aromatic nitrogens is 3. The van der Waals surface area contributed by atoms with Gasteiger partial charge in [0.25, 0.3) is 0 Å². The van der Waals surface area contributed by atoms with Gasteiger partial charge in [-0.15, -0.1) is 6.42 Å². The van der Waals surface area contributed by atoms with Crippen LogP contribution in [0.1, 0.15) is 69.0 Å². The molecular weight excluding hydrogens is 703 g/mol. The number of rotatable bonds is 8. The highest BCUT2D eigenvalue weighted by molar-refractivity contribution is 6.02. The summed E-state index contributed by atoms with van der Waals surface area (Å²) in [6.45, 7) is 1.69. The van der Waals surface area contributed by atoms with Crippen molar-refractivity contribution in [3.8, 4) is 29.6 Å². The SMILES string of the molecule is C#Cc1c(F)ccc2cccc(-c3nc4c5c(nc(OC[C@@]67CCCN6[C@H](COC(C6CC6)C(F)(F)F)CC7)nc5c3F)N3C[C@H]5CC[C@H](N5)[C@H]3CC4)c12. The summed E-state index contributed by atoms with van der Waals surface area (Å²) >= 11 is 0. The topological polar surface area (TPSA) is 75.6 Å². The van der Waals surface area contributed by atoms with Gasteiger partial charge in [-0.2, -0.15) is 23.1 Å². The molecule has 1 saturated carbocycles. The van der Waals surface area contributed by atoms with Crippen molar-refractivity contribution in [1.29, 1.82) is 0 Å². The number of hydrogen-bond acceptors (Lipinski definition) is 8. The Morgan fingerprint density at radius 1 is 1.00 bits per heavy atom. The van der Waals surface area contributed by atoms with Gasteiger partial charge in [-0.05, 0) is 88.1 Å². The summed E-state index contributed by atoms with van der Waals surface area (Å²) in [5.74, 6) is 1.40. The van der Waals surface area contributed by atoms with E-state index in [0.29, 0.717) is 65.5 Å². The maximum absolute atomic E-state index is 17.3. The molecule has 2 aromatic carbocycles. The second-order valence-corrected chi connectivity index (χ2v) is 16.2. The zero-order valence-electron chi connectivity index (χ0n) is 29.8. The monoisotopic (exact) mass is 744 g/mol. The lowest BCUT2D eigenvalue weighted by atomic mass is 9.95. The molecule has 5 aliphatic heterocycles. The highest BCUT2D eigenvalue weighted by Crippen LogP contribution is 2.47. The number of nitrogens with zero attached hydrogens (tertiary/aromatic N) is 5. The molecule has 0 spiro atoms. The van der Waals surface area contributed by atoms with Crippen molar-refractivity contribution in [1.82, 2.24) is 25.2 Å². The van der Waals surface area contributed by atoms with Crippen LogP contribution in [0.2, 0.25) is 0 Å². The van der Waals surface area contributed by atoms with E-state index in [9.17, 15) is 13.2 Å². The van der Waals surface area contributed by atoms with Gasteiger partial charge in [0.05, 0.1) is 28.8 Å². The Kier molecular flexibility index (Phi) is 8.09. The van der Waals surface area contributed by atoms with Crippen molar-refractivity contribution in [2.45, 2.75) is 106 Å². The molecule has 6 atom stereocenters. The molecule has 0 amide bonds. The van der Waals surface area contributed by atoms with E-state index in [1.165, 1.54) is 6.07 Å². The predicted molar refractivity (Wildman–Crippen MR) is 193 cm³/mol. The zero-order chi connectivity index (χ0) is 36.9. The van der Waals surface area contributed by atoms with Crippen molar-refractivity contribution < 1.29 is 31.4 Å². The van der Waals surface area contributed by atoms with Crippen LogP contribution in [0.5, 0.6) is 6.01 Å². The molecule has 13 heteroatoms. The smallest absolute Gasteiger partial charge is 0.414 e. The molecule has 1 unspecified atom stereocenters. The van der Waals surface area contributed by atoms with Crippen LogP contribution >= 0.6 is 0 Å². The predicted octanol–water partition coefficient (Wildman–Crippen LogP) is 7.09. The Morgan fingerprint density at radius 2 is 1.87 bits per heavy atom. The third-order valence-electron chi connectivity index (χ3n) is 13.1. The molecule has 5 fully saturated rings. The van der Waals surface area contributed by atoms with E-state index < -0.39 is 35.4 Å². The van der Waals surface area contributed by atoms with Gasteiger partial charge in [0.1, 0.15) is 29.5 Å². The third-order valence-corrected chi connectivity index (χ3v) is 13.1. The first-order valence-electron chi connectivity index (χ1n) is 19.3. The second kappa shape index (κ2) is 12.7. The van der Waals surface area contributed by atoms with E-state index in [1.54, 1.807) is 18.2 Å². The summed E-state index contributed by atoms with van der Waals surface area (Å²) in [6, 6.07) is 8.81.